The second-order valence-electron chi connectivity index (χ2n) is 4.31. The number of carboxylic acid groups (broad SMARTS) is 1. The molecule has 0 heterocycles. The maximum Gasteiger partial charge on any atom is 0.470 e. The predicted octanol–water partition coefficient (Wildman–Crippen LogP) is -0.405. The van der Waals surface area contributed by atoms with Crippen LogP contribution < -0.4 is 4.72 Å². The van der Waals surface area contributed by atoms with Gasteiger partial charge in [0.2, 0.25) is 10.0 Å². The zero-order valence-corrected chi connectivity index (χ0v) is 11.7. The Bertz CT molecular complexity index is 574. The number of nitrogens with one attached hydrogen (secondary N) is 1. The molecule has 9 heteroatoms. The minimum Gasteiger partial charge on any atom is -0.478 e. The van der Waals surface area contributed by atoms with Crippen LogP contribution >= 0.6 is 0 Å². The van der Waals surface area contributed by atoms with Gasteiger partial charge in [0.25, 0.3) is 0 Å². The molecule has 0 unspecified atom stereocenters. The molecule has 0 fully saturated rings. The number of carbonyl (C=O) groups is 1. The van der Waals surface area contributed by atoms with Crippen molar-refractivity contribution in [2.45, 2.75) is 25.0 Å². The molecule has 7 nitrogen and oxygen atoms in total. The maximum atomic E-state index is 11.9. The fraction of sp³-hybridized carbons (Fsp3) is 0.364. The SMILES string of the molecule is CC[C@H](NS(=O)(=O)Cc1cccc(C(=O)O)c1)B(O)O. The zero-order chi connectivity index (χ0) is 15.3. The van der Waals surface area contributed by atoms with Gasteiger partial charge in [0.05, 0.1) is 17.3 Å². The quantitative estimate of drug-likeness (QED) is 0.508. The van der Waals surface area contributed by atoms with E-state index in [0.717, 1.165) is 0 Å². The second-order valence-corrected chi connectivity index (χ2v) is 6.06. The number of sulfonamides is 1. The van der Waals surface area contributed by atoms with E-state index in [-0.39, 0.29) is 12.0 Å². The third kappa shape index (κ3) is 4.93. The first-order chi connectivity index (χ1) is 9.25. The predicted molar refractivity (Wildman–Crippen MR) is 73.4 cm³/mol. The Labute approximate surface area is 117 Å². The summed E-state index contributed by atoms with van der Waals surface area (Å²) in [6.45, 7) is 1.61. The molecule has 1 rings (SSSR count). The first-order valence-electron chi connectivity index (χ1n) is 5.93. The smallest absolute Gasteiger partial charge is 0.470 e. The summed E-state index contributed by atoms with van der Waals surface area (Å²) < 4.78 is 25.9. The summed E-state index contributed by atoms with van der Waals surface area (Å²) in [6, 6.07) is 5.56. The number of benzene rings is 1. The Morgan fingerprint density at radius 3 is 2.55 bits per heavy atom. The highest BCUT2D eigenvalue weighted by Gasteiger charge is 2.26. The normalized spacial score (nSPS) is 12.9. The molecule has 1 aromatic rings. The number of rotatable bonds is 7. The molecule has 20 heavy (non-hydrogen) atoms. The van der Waals surface area contributed by atoms with Crippen molar-refractivity contribution >= 4 is 23.1 Å². The summed E-state index contributed by atoms with van der Waals surface area (Å²) in [5.41, 5.74) is 0.298. The molecule has 0 bridgehead atoms. The van der Waals surface area contributed by atoms with Crippen molar-refractivity contribution in [3.63, 3.8) is 0 Å². The lowest BCUT2D eigenvalue weighted by atomic mass is 9.79. The lowest BCUT2D eigenvalue weighted by Gasteiger charge is -2.15. The Hall–Kier alpha value is -1.42. The minimum atomic E-state index is -3.80. The van der Waals surface area contributed by atoms with Crippen LogP contribution in [0.4, 0.5) is 0 Å². The van der Waals surface area contributed by atoms with Crippen LogP contribution in [-0.4, -0.2) is 42.6 Å². The van der Waals surface area contributed by atoms with E-state index in [2.05, 4.69) is 4.72 Å². The highest BCUT2D eigenvalue weighted by molar-refractivity contribution is 7.88. The largest absolute Gasteiger partial charge is 0.478 e. The van der Waals surface area contributed by atoms with E-state index in [1.807, 2.05) is 0 Å². The van der Waals surface area contributed by atoms with E-state index in [1.165, 1.54) is 24.3 Å². The van der Waals surface area contributed by atoms with Crippen molar-refractivity contribution in [2.75, 3.05) is 0 Å². The van der Waals surface area contributed by atoms with Gasteiger partial charge < -0.3 is 15.2 Å². The lowest BCUT2D eigenvalue weighted by Crippen LogP contribution is -2.46. The summed E-state index contributed by atoms with van der Waals surface area (Å²) in [6.07, 6.45) is 0.214. The van der Waals surface area contributed by atoms with Crippen molar-refractivity contribution < 1.29 is 28.4 Å². The fourth-order valence-electron chi connectivity index (χ4n) is 1.64. The summed E-state index contributed by atoms with van der Waals surface area (Å²) in [4.78, 5) is 10.8. The molecule has 0 aromatic heterocycles. The highest BCUT2D eigenvalue weighted by Crippen LogP contribution is 2.10. The van der Waals surface area contributed by atoms with Crippen LogP contribution in [0.5, 0.6) is 0 Å². The molecule has 0 radical (unpaired) electrons. The van der Waals surface area contributed by atoms with Crippen molar-refractivity contribution in [3.8, 4) is 0 Å². The Morgan fingerprint density at radius 2 is 2.05 bits per heavy atom. The number of carboxylic acids is 1. The van der Waals surface area contributed by atoms with Crippen LogP contribution in [0.3, 0.4) is 0 Å². The molecule has 4 N–H and O–H groups in total. The van der Waals surface area contributed by atoms with Crippen LogP contribution in [0.1, 0.15) is 29.3 Å². The number of hydrogen-bond donors (Lipinski definition) is 4. The van der Waals surface area contributed by atoms with E-state index < -0.39 is 34.8 Å². The lowest BCUT2D eigenvalue weighted by molar-refractivity contribution is 0.0696. The Balaban J connectivity index is 2.86. The van der Waals surface area contributed by atoms with E-state index in [0.29, 0.717) is 5.56 Å². The molecule has 1 aromatic carbocycles. The Kier molecular flexibility index (Phi) is 5.69. The topological polar surface area (TPSA) is 124 Å². The van der Waals surface area contributed by atoms with Crippen molar-refractivity contribution in [2.24, 2.45) is 0 Å². The van der Waals surface area contributed by atoms with Crippen LogP contribution in [0.2, 0.25) is 0 Å². The fourth-order valence-corrected chi connectivity index (χ4v) is 3.09. The van der Waals surface area contributed by atoms with Gasteiger partial charge in [0, 0.05) is 0 Å². The van der Waals surface area contributed by atoms with Crippen LogP contribution in [0, 0.1) is 0 Å². The van der Waals surface area contributed by atoms with Gasteiger partial charge in [-0.3, -0.25) is 0 Å². The molecule has 1 atom stereocenters. The standard InChI is InChI=1S/C11H16BNO6S/c1-2-10(12(16)17)13-20(18,19)7-8-4-3-5-9(6-8)11(14)15/h3-6,10,13,16-17H,2,7H2,1H3,(H,14,15)/t10-/m0/s1. The van der Waals surface area contributed by atoms with Gasteiger partial charge in [-0.2, -0.15) is 0 Å². The van der Waals surface area contributed by atoms with Crippen molar-refractivity contribution in [1.29, 1.82) is 0 Å². The van der Waals surface area contributed by atoms with Gasteiger partial charge in [-0.05, 0) is 24.1 Å². The van der Waals surface area contributed by atoms with Crippen LogP contribution in [-0.2, 0) is 15.8 Å². The van der Waals surface area contributed by atoms with Gasteiger partial charge in [-0.1, -0.05) is 19.1 Å². The first-order valence-corrected chi connectivity index (χ1v) is 7.58. The third-order valence-corrected chi connectivity index (χ3v) is 4.04. The summed E-state index contributed by atoms with van der Waals surface area (Å²) in [7, 11) is -5.59. The van der Waals surface area contributed by atoms with Gasteiger partial charge in [0.15, 0.2) is 0 Å². The van der Waals surface area contributed by atoms with E-state index >= 15 is 0 Å². The van der Waals surface area contributed by atoms with Crippen LogP contribution in [0.15, 0.2) is 24.3 Å². The third-order valence-electron chi connectivity index (χ3n) is 2.66. The molecule has 110 valence electrons. The van der Waals surface area contributed by atoms with E-state index in [1.54, 1.807) is 6.92 Å². The summed E-state index contributed by atoms with van der Waals surface area (Å²) in [5.74, 6) is -2.57. The van der Waals surface area contributed by atoms with Crippen molar-refractivity contribution in [3.05, 3.63) is 35.4 Å². The molecular weight excluding hydrogens is 285 g/mol. The Morgan fingerprint density at radius 1 is 1.40 bits per heavy atom. The molecule has 0 aliphatic heterocycles. The van der Waals surface area contributed by atoms with Crippen molar-refractivity contribution in [1.82, 2.24) is 4.72 Å². The molecule has 0 amide bonds. The average molecular weight is 301 g/mol. The maximum absolute atomic E-state index is 11.9. The molecule has 0 spiro atoms. The monoisotopic (exact) mass is 301 g/mol. The number of aromatic carboxylic acids is 1. The van der Waals surface area contributed by atoms with Gasteiger partial charge in [-0.25, -0.2) is 17.9 Å². The summed E-state index contributed by atoms with van der Waals surface area (Å²) in [5, 5.41) is 26.9. The molecule has 0 saturated heterocycles. The van der Waals surface area contributed by atoms with Gasteiger partial charge in [0.1, 0.15) is 0 Å². The minimum absolute atomic E-state index is 0.00747. The molecular formula is C11H16BNO6S. The first kappa shape index (κ1) is 16.6. The summed E-state index contributed by atoms with van der Waals surface area (Å²) >= 11 is 0. The van der Waals surface area contributed by atoms with Crippen LogP contribution in [0.25, 0.3) is 0 Å². The number of hydrogen-bond acceptors (Lipinski definition) is 5. The van der Waals surface area contributed by atoms with E-state index in [4.69, 9.17) is 15.2 Å². The van der Waals surface area contributed by atoms with Gasteiger partial charge >= 0.3 is 13.1 Å². The molecule has 0 aliphatic rings. The second kappa shape index (κ2) is 6.84. The molecule has 0 aliphatic carbocycles. The highest BCUT2D eigenvalue weighted by atomic mass is 32.2. The zero-order valence-electron chi connectivity index (χ0n) is 10.9. The van der Waals surface area contributed by atoms with E-state index in [9.17, 15) is 13.2 Å². The molecule has 0 saturated carbocycles. The average Bonchev–Trinajstić information content (AvgIpc) is 2.35. The van der Waals surface area contributed by atoms with Gasteiger partial charge in [-0.15, -0.1) is 0 Å².